The van der Waals surface area contributed by atoms with Gasteiger partial charge in [0.05, 0.1) is 12.2 Å². The number of carbonyl (C=O) groups excluding carboxylic acids is 1. The predicted molar refractivity (Wildman–Crippen MR) is 85.9 cm³/mol. The molecule has 0 radical (unpaired) electrons. The predicted octanol–water partition coefficient (Wildman–Crippen LogP) is 2.87. The molecule has 2 amide bonds. The Hall–Kier alpha value is -2.08. The number of nitrogen functional groups attached to an aromatic ring is 1. The summed E-state index contributed by atoms with van der Waals surface area (Å²) >= 11 is 3.35. The molecule has 0 aliphatic carbocycles. The summed E-state index contributed by atoms with van der Waals surface area (Å²) in [6.07, 6.45) is 1.74. The minimum Gasteiger partial charge on any atom is -0.399 e. The van der Waals surface area contributed by atoms with E-state index in [1.165, 1.54) is 0 Å². The van der Waals surface area contributed by atoms with E-state index in [2.05, 4.69) is 20.9 Å². The Bertz CT molecular complexity index is 642. The van der Waals surface area contributed by atoms with Gasteiger partial charge in [-0.3, -0.25) is 9.88 Å². The van der Waals surface area contributed by atoms with E-state index in [-0.39, 0.29) is 6.03 Å². The van der Waals surface area contributed by atoms with Gasteiger partial charge in [0.1, 0.15) is 0 Å². The first-order chi connectivity index (χ1) is 10.1. The van der Waals surface area contributed by atoms with Crippen molar-refractivity contribution in [1.29, 1.82) is 0 Å². The van der Waals surface area contributed by atoms with Crippen molar-refractivity contribution in [3.8, 4) is 0 Å². The molecular weight excluding hydrogens is 332 g/mol. The molecule has 21 heavy (non-hydrogen) atoms. The van der Waals surface area contributed by atoms with Crippen LogP contribution >= 0.6 is 15.9 Å². The highest BCUT2D eigenvalue weighted by Gasteiger charge is 2.29. The zero-order valence-electron chi connectivity index (χ0n) is 11.4. The minimum absolute atomic E-state index is 0.00416. The van der Waals surface area contributed by atoms with Crippen molar-refractivity contribution < 1.29 is 4.79 Å². The average Bonchev–Trinajstić information content (AvgIpc) is 2.84. The Kier molecular flexibility index (Phi) is 3.79. The number of nitrogens with zero attached hydrogens (tertiary/aromatic N) is 3. The summed E-state index contributed by atoms with van der Waals surface area (Å²) in [5.74, 6) is 0. The third-order valence-corrected chi connectivity index (χ3v) is 3.91. The maximum absolute atomic E-state index is 12.4. The molecule has 0 bridgehead atoms. The van der Waals surface area contributed by atoms with E-state index in [1.807, 2.05) is 36.4 Å². The van der Waals surface area contributed by atoms with Crippen molar-refractivity contribution in [2.45, 2.75) is 6.54 Å². The van der Waals surface area contributed by atoms with Gasteiger partial charge in [-0.1, -0.05) is 0 Å². The van der Waals surface area contributed by atoms with Crippen LogP contribution in [0.5, 0.6) is 0 Å². The topological polar surface area (TPSA) is 62.5 Å². The largest absolute Gasteiger partial charge is 0.399 e. The lowest BCUT2D eigenvalue weighted by Crippen LogP contribution is -2.31. The monoisotopic (exact) mass is 346 g/mol. The van der Waals surface area contributed by atoms with Crippen LogP contribution < -0.4 is 10.6 Å². The molecule has 1 aromatic carbocycles. The molecular formula is C15H15BrN4O. The molecule has 2 aromatic rings. The molecule has 1 aliphatic heterocycles. The van der Waals surface area contributed by atoms with Crippen molar-refractivity contribution in [2.75, 3.05) is 23.7 Å². The van der Waals surface area contributed by atoms with Crippen molar-refractivity contribution >= 4 is 33.3 Å². The quantitative estimate of drug-likeness (QED) is 0.869. The number of pyridine rings is 1. The molecule has 0 unspecified atom stereocenters. The number of anilines is 2. The molecule has 1 aliphatic rings. The van der Waals surface area contributed by atoms with E-state index in [0.717, 1.165) is 15.9 Å². The van der Waals surface area contributed by atoms with E-state index in [1.54, 1.807) is 16.0 Å². The summed E-state index contributed by atoms with van der Waals surface area (Å²) in [7, 11) is 0. The summed E-state index contributed by atoms with van der Waals surface area (Å²) in [6, 6.07) is 11.2. The smallest absolute Gasteiger partial charge is 0.324 e. The van der Waals surface area contributed by atoms with Gasteiger partial charge >= 0.3 is 6.03 Å². The standard InChI is InChI=1S/C15H15BrN4O/c16-11-1-4-13(18-9-11)10-19-7-8-20(15(19)21)14-5-2-12(17)3-6-14/h1-6,9H,7-8,10,17H2. The van der Waals surface area contributed by atoms with E-state index >= 15 is 0 Å². The highest BCUT2D eigenvalue weighted by Crippen LogP contribution is 2.22. The number of urea groups is 1. The molecule has 0 spiro atoms. The van der Waals surface area contributed by atoms with Gasteiger partial charge in [-0.05, 0) is 52.3 Å². The van der Waals surface area contributed by atoms with Crippen molar-refractivity contribution in [2.24, 2.45) is 0 Å². The summed E-state index contributed by atoms with van der Waals surface area (Å²) < 4.78 is 0.933. The Balaban J connectivity index is 1.71. The van der Waals surface area contributed by atoms with Crippen molar-refractivity contribution in [3.63, 3.8) is 0 Å². The number of hydrogen-bond donors (Lipinski definition) is 1. The van der Waals surface area contributed by atoms with Gasteiger partial charge in [0, 0.05) is 35.1 Å². The maximum Gasteiger partial charge on any atom is 0.324 e. The van der Waals surface area contributed by atoms with Gasteiger partial charge in [-0.15, -0.1) is 0 Å². The van der Waals surface area contributed by atoms with Crippen LogP contribution in [0.3, 0.4) is 0 Å². The number of rotatable bonds is 3. The molecule has 2 N–H and O–H groups in total. The molecule has 1 fully saturated rings. The lowest BCUT2D eigenvalue weighted by molar-refractivity contribution is 0.218. The third kappa shape index (κ3) is 3.00. The number of benzene rings is 1. The van der Waals surface area contributed by atoms with Gasteiger partial charge in [0.25, 0.3) is 0 Å². The normalized spacial score (nSPS) is 14.8. The summed E-state index contributed by atoms with van der Waals surface area (Å²) in [6.45, 7) is 1.90. The first-order valence-corrected chi connectivity index (χ1v) is 7.45. The minimum atomic E-state index is 0.00416. The second kappa shape index (κ2) is 5.73. The summed E-state index contributed by atoms with van der Waals surface area (Å²) in [4.78, 5) is 20.3. The van der Waals surface area contributed by atoms with Gasteiger partial charge in [-0.2, -0.15) is 0 Å². The number of nitrogens with two attached hydrogens (primary N) is 1. The molecule has 1 saturated heterocycles. The molecule has 108 valence electrons. The molecule has 0 atom stereocenters. The zero-order valence-corrected chi connectivity index (χ0v) is 13.0. The number of halogens is 1. The second-order valence-electron chi connectivity index (χ2n) is 4.92. The van der Waals surface area contributed by atoms with Crippen LogP contribution in [-0.4, -0.2) is 29.0 Å². The van der Waals surface area contributed by atoms with E-state index in [4.69, 9.17) is 5.73 Å². The highest BCUT2D eigenvalue weighted by molar-refractivity contribution is 9.10. The van der Waals surface area contributed by atoms with Gasteiger partial charge in [0.2, 0.25) is 0 Å². The Morgan fingerprint density at radius 1 is 1.14 bits per heavy atom. The Labute approximate surface area is 131 Å². The molecule has 1 aromatic heterocycles. The average molecular weight is 347 g/mol. The third-order valence-electron chi connectivity index (χ3n) is 3.44. The number of aromatic nitrogens is 1. The van der Waals surface area contributed by atoms with Crippen LogP contribution in [0, 0.1) is 0 Å². The highest BCUT2D eigenvalue weighted by atomic mass is 79.9. The fourth-order valence-electron chi connectivity index (χ4n) is 2.32. The molecule has 0 saturated carbocycles. The van der Waals surface area contributed by atoms with E-state index in [9.17, 15) is 4.79 Å². The summed E-state index contributed by atoms with van der Waals surface area (Å²) in [5, 5.41) is 0. The first kappa shape index (κ1) is 13.9. The summed E-state index contributed by atoms with van der Waals surface area (Å²) in [5.41, 5.74) is 8.13. The van der Waals surface area contributed by atoms with Crippen LogP contribution in [0.4, 0.5) is 16.2 Å². The molecule has 6 heteroatoms. The van der Waals surface area contributed by atoms with E-state index < -0.39 is 0 Å². The second-order valence-corrected chi connectivity index (χ2v) is 5.83. The van der Waals surface area contributed by atoms with Crippen LogP contribution in [0.15, 0.2) is 47.1 Å². The van der Waals surface area contributed by atoms with Gasteiger partial charge in [-0.25, -0.2) is 4.79 Å². The molecule has 5 nitrogen and oxygen atoms in total. The van der Waals surface area contributed by atoms with E-state index in [0.29, 0.717) is 25.3 Å². The molecule has 3 rings (SSSR count). The lowest BCUT2D eigenvalue weighted by atomic mass is 10.2. The van der Waals surface area contributed by atoms with Crippen molar-refractivity contribution in [1.82, 2.24) is 9.88 Å². The van der Waals surface area contributed by atoms with Crippen LogP contribution in [0.25, 0.3) is 0 Å². The lowest BCUT2D eigenvalue weighted by Gasteiger charge is -2.18. The van der Waals surface area contributed by atoms with Crippen LogP contribution in [-0.2, 0) is 6.54 Å². The number of carbonyl (C=O) groups is 1. The van der Waals surface area contributed by atoms with Crippen molar-refractivity contribution in [3.05, 3.63) is 52.8 Å². The van der Waals surface area contributed by atoms with Crippen LogP contribution in [0.1, 0.15) is 5.69 Å². The van der Waals surface area contributed by atoms with Crippen LogP contribution in [0.2, 0.25) is 0 Å². The van der Waals surface area contributed by atoms with Gasteiger partial charge in [0.15, 0.2) is 0 Å². The first-order valence-electron chi connectivity index (χ1n) is 6.66. The SMILES string of the molecule is Nc1ccc(N2CCN(Cc3ccc(Br)cn3)C2=O)cc1. The number of hydrogen-bond acceptors (Lipinski definition) is 3. The maximum atomic E-state index is 12.4. The fourth-order valence-corrected chi connectivity index (χ4v) is 2.55. The zero-order chi connectivity index (χ0) is 14.8. The number of amides is 2. The Morgan fingerprint density at radius 3 is 2.57 bits per heavy atom. The fraction of sp³-hybridized carbons (Fsp3) is 0.200. The van der Waals surface area contributed by atoms with Gasteiger partial charge < -0.3 is 10.6 Å². The Morgan fingerprint density at radius 2 is 1.90 bits per heavy atom. The molecule has 2 heterocycles.